The third-order valence-electron chi connectivity index (χ3n) is 0.966. The lowest BCUT2D eigenvalue weighted by atomic mass is 10.4. The lowest BCUT2D eigenvalue weighted by molar-refractivity contribution is -0.269. The van der Waals surface area contributed by atoms with Crippen LogP contribution in [0.1, 0.15) is 0 Å². The number of ether oxygens (including phenoxy) is 1. The largest absolute Gasteiger partial charge is 0.506 e. The smallest absolute Gasteiger partial charge is 0.376 e. The van der Waals surface area contributed by atoms with Gasteiger partial charge >= 0.3 is 5.97 Å². The quantitative estimate of drug-likeness (QED) is 0.208. The van der Waals surface area contributed by atoms with Gasteiger partial charge in [-0.15, -0.1) is 0 Å². The summed E-state index contributed by atoms with van der Waals surface area (Å²) in [6.45, 7) is -0.419. The Morgan fingerprint density at radius 2 is 1.92 bits per heavy atom. The van der Waals surface area contributed by atoms with E-state index in [0.29, 0.717) is 0 Å². The average molecular weight is 178 g/mol. The Bertz CT molecular complexity index is 184. The van der Waals surface area contributed by atoms with Gasteiger partial charge in [0.15, 0.2) is 5.76 Å². The zero-order chi connectivity index (χ0) is 9.56. The fourth-order valence-electron chi connectivity index (χ4n) is 0.398. The Balaban J connectivity index is 4.15. The molecule has 0 fully saturated rings. The summed E-state index contributed by atoms with van der Waals surface area (Å²) < 4.78 is 4.11. The summed E-state index contributed by atoms with van der Waals surface area (Å²) in [5.41, 5.74) is 0. The maximum absolute atomic E-state index is 10.5. The van der Waals surface area contributed by atoms with Crippen LogP contribution in [-0.2, 0) is 19.3 Å². The van der Waals surface area contributed by atoms with Gasteiger partial charge < -0.3 is 14.9 Å². The third-order valence-corrected chi connectivity index (χ3v) is 0.966. The highest BCUT2D eigenvalue weighted by atomic mass is 17.2. The molecule has 0 saturated heterocycles. The molecule has 6 heteroatoms. The number of carbonyl (C=O) groups is 1. The Kier molecular flexibility index (Phi) is 4.82. The van der Waals surface area contributed by atoms with Gasteiger partial charge in [0, 0.05) is 0 Å². The molecule has 0 heterocycles. The minimum Gasteiger partial charge on any atom is -0.506 e. The molecule has 0 amide bonds. The van der Waals surface area contributed by atoms with Crippen LogP contribution in [0, 0.1) is 0 Å². The van der Waals surface area contributed by atoms with E-state index in [4.69, 9.17) is 10.2 Å². The van der Waals surface area contributed by atoms with Crippen LogP contribution in [0.25, 0.3) is 0 Å². The predicted octanol–water partition coefficient (Wildman–Crippen LogP) is 0.0650. The van der Waals surface area contributed by atoms with E-state index >= 15 is 0 Å². The Hall–Kier alpha value is -1.27. The minimum atomic E-state index is -1.03. The second-order valence-corrected chi connectivity index (χ2v) is 1.72. The van der Waals surface area contributed by atoms with Crippen molar-refractivity contribution in [1.29, 1.82) is 0 Å². The summed E-state index contributed by atoms with van der Waals surface area (Å²) in [5, 5.41) is 17.7. The number of esters is 1. The van der Waals surface area contributed by atoms with Crippen molar-refractivity contribution in [2.75, 3.05) is 20.8 Å². The number of aliphatic hydroxyl groups excluding tert-OH is 2. The molecule has 0 aliphatic rings. The summed E-state index contributed by atoms with van der Waals surface area (Å²) in [6, 6.07) is 0. The molecule has 0 spiro atoms. The Morgan fingerprint density at radius 1 is 1.33 bits per heavy atom. The molecule has 0 aliphatic heterocycles. The molecule has 0 aliphatic carbocycles. The van der Waals surface area contributed by atoms with Crippen LogP contribution in [0.4, 0.5) is 0 Å². The average Bonchev–Trinajstić information content (AvgIpc) is 2.11. The van der Waals surface area contributed by atoms with E-state index < -0.39 is 24.1 Å². The van der Waals surface area contributed by atoms with Gasteiger partial charge in [0.25, 0.3) is 0 Å². The van der Waals surface area contributed by atoms with Crippen molar-refractivity contribution in [2.45, 2.75) is 0 Å². The normalized spacial score (nSPS) is 12.2. The van der Waals surface area contributed by atoms with Crippen molar-refractivity contribution in [1.82, 2.24) is 0 Å². The van der Waals surface area contributed by atoms with Crippen molar-refractivity contribution in [2.24, 2.45) is 0 Å². The van der Waals surface area contributed by atoms with Crippen molar-refractivity contribution in [3.05, 3.63) is 11.5 Å². The second-order valence-electron chi connectivity index (χ2n) is 1.72. The van der Waals surface area contributed by atoms with Gasteiger partial charge in [-0.25, -0.2) is 14.6 Å². The SMILES string of the molecule is COOC/C(O)=C(\O)C(=O)OC. The van der Waals surface area contributed by atoms with E-state index in [1.165, 1.54) is 7.11 Å². The summed E-state index contributed by atoms with van der Waals surface area (Å²) in [6.07, 6.45) is 0. The third kappa shape index (κ3) is 3.22. The molecule has 0 bridgehead atoms. The zero-order valence-corrected chi connectivity index (χ0v) is 6.73. The number of methoxy groups -OCH3 is 1. The number of hydrogen-bond acceptors (Lipinski definition) is 6. The molecule has 6 nitrogen and oxygen atoms in total. The lowest BCUT2D eigenvalue weighted by Gasteiger charge is -2.01. The summed E-state index contributed by atoms with van der Waals surface area (Å²) in [4.78, 5) is 18.9. The maximum atomic E-state index is 10.5. The summed E-state index contributed by atoms with van der Waals surface area (Å²) in [5.74, 6) is -2.58. The van der Waals surface area contributed by atoms with Crippen LogP contribution < -0.4 is 0 Å². The fraction of sp³-hybridized carbons (Fsp3) is 0.500. The molecule has 0 aromatic heterocycles. The van der Waals surface area contributed by atoms with E-state index in [1.807, 2.05) is 0 Å². The van der Waals surface area contributed by atoms with E-state index in [-0.39, 0.29) is 0 Å². The Morgan fingerprint density at radius 3 is 2.33 bits per heavy atom. The van der Waals surface area contributed by atoms with Crippen molar-refractivity contribution in [3.63, 3.8) is 0 Å². The monoisotopic (exact) mass is 178 g/mol. The van der Waals surface area contributed by atoms with Crippen LogP contribution in [-0.4, -0.2) is 37.0 Å². The van der Waals surface area contributed by atoms with Gasteiger partial charge in [-0.1, -0.05) is 0 Å². The molecule has 70 valence electrons. The van der Waals surface area contributed by atoms with Crippen LogP contribution >= 0.6 is 0 Å². The lowest BCUT2D eigenvalue weighted by Crippen LogP contribution is -2.10. The van der Waals surface area contributed by atoms with Gasteiger partial charge in [0.05, 0.1) is 14.2 Å². The van der Waals surface area contributed by atoms with Crippen LogP contribution in [0.2, 0.25) is 0 Å². The van der Waals surface area contributed by atoms with Gasteiger partial charge in [-0.05, 0) is 0 Å². The Labute approximate surface area is 68.9 Å². The molecule has 0 atom stereocenters. The number of hydrogen-bond donors (Lipinski definition) is 2. The van der Waals surface area contributed by atoms with Crippen molar-refractivity contribution < 1.29 is 29.5 Å². The van der Waals surface area contributed by atoms with Crippen molar-refractivity contribution in [3.8, 4) is 0 Å². The first kappa shape index (κ1) is 10.7. The van der Waals surface area contributed by atoms with Crippen LogP contribution in [0.15, 0.2) is 11.5 Å². The first-order valence-corrected chi connectivity index (χ1v) is 2.98. The molecule has 12 heavy (non-hydrogen) atoms. The van der Waals surface area contributed by atoms with E-state index in [9.17, 15) is 4.79 Å². The summed E-state index contributed by atoms with van der Waals surface area (Å²) >= 11 is 0. The van der Waals surface area contributed by atoms with Crippen molar-refractivity contribution >= 4 is 5.97 Å². The zero-order valence-electron chi connectivity index (χ0n) is 6.73. The predicted molar refractivity (Wildman–Crippen MR) is 37.3 cm³/mol. The van der Waals surface area contributed by atoms with E-state index in [2.05, 4.69) is 14.5 Å². The molecule has 0 aromatic carbocycles. The fourth-order valence-corrected chi connectivity index (χ4v) is 0.398. The molecular formula is C6H10O6. The second kappa shape index (κ2) is 5.39. The van der Waals surface area contributed by atoms with E-state index in [1.54, 1.807) is 0 Å². The molecule has 2 N–H and O–H groups in total. The standard InChI is InChI=1S/C6H10O6/c1-10-6(9)5(8)4(7)3-12-11-2/h7-8H,3H2,1-2H3/b5-4+. The van der Waals surface area contributed by atoms with Gasteiger partial charge in [0.2, 0.25) is 5.76 Å². The highest BCUT2D eigenvalue weighted by Gasteiger charge is 2.13. The molecule has 0 radical (unpaired) electrons. The molecule has 0 aromatic rings. The first-order chi connectivity index (χ1) is 5.63. The molecule has 0 unspecified atom stereocenters. The van der Waals surface area contributed by atoms with E-state index in [0.717, 1.165) is 7.11 Å². The maximum Gasteiger partial charge on any atom is 0.376 e. The highest BCUT2D eigenvalue weighted by Crippen LogP contribution is 2.00. The topological polar surface area (TPSA) is 85.2 Å². The van der Waals surface area contributed by atoms with Gasteiger partial charge in [-0.2, -0.15) is 0 Å². The number of carbonyl (C=O) groups excluding carboxylic acids is 1. The molecule has 0 saturated carbocycles. The van der Waals surface area contributed by atoms with Crippen LogP contribution in [0.5, 0.6) is 0 Å². The number of aliphatic hydroxyl groups is 2. The minimum absolute atomic E-state index is 0.419. The van der Waals surface area contributed by atoms with Crippen LogP contribution in [0.3, 0.4) is 0 Å². The van der Waals surface area contributed by atoms with Gasteiger partial charge in [-0.3, -0.25) is 0 Å². The summed E-state index contributed by atoms with van der Waals surface area (Å²) in [7, 11) is 2.30. The van der Waals surface area contributed by atoms with Gasteiger partial charge in [0.1, 0.15) is 6.61 Å². The molecule has 0 rings (SSSR count). The number of rotatable bonds is 4. The highest BCUT2D eigenvalue weighted by molar-refractivity contribution is 5.86. The molecular weight excluding hydrogens is 168 g/mol. The first-order valence-electron chi connectivity index (χ1n) is 2.98.